The van der Waals surface area contributed by atoms with Gasteiger partial charge < -0.3 is 5.11 Å². The van der Waals surface area contributed by atoms with E-state index in [2.05, 4.69) is 10.2 Å². The zero-order chi connectivity index (χ0) is 10.4. The van der Waals surface area contributed by atoms with Crippen molar-refractivity contribution in [1.82, 2.24) is 9.38 Å². The van der Waals surface area contributed by atoms with Crippen LogP contribution in [-0.2, 0) is 0 Å². The minimum Gasteiger partial charge on any atom is -0.492 e. The van der Waals surface area contributed by atoms with Crippen LogP contribution in [0.3, 0.4) is 0 Å². The van der Waals surface area contributed by atoms with E-state index in [1.54, 1.807) is 0 Å². The van der Waals surface area contributed by atoms with Crippen LogP contribution in [0, 0.1) is 4.91 Å². The third-order valence-electron chi connectivity index (χ3n) is 2.20. The average Bonchev–Trinajstić information content (AvgIpc) is 2.75. The van der Waals surface area contributed by atoms with Crippen molar-refractivity contribution in [2.75, 3.05) is 0 Å². The molecule has 0 aliphatic rings. The standard InChI is InChI=1S/C9H5N3O2S/c13-8-7(11-14)15-9-10-5-3-1-2-4-6(5)12(8)9/h1-4,13H. The Labute approximate surface area is 87.6 Å². The molecule has 2 aromatic heterocycles. The molecule has 6 heteroatoms. The van der Waals surface area contributed by atoms with E-state index in [4.69, 9.17) is 0 Å². The van der Waals surface area contributed by atoms with Crippen LogP contribution < -0.4 is 0 Å². The SMILES string of the molecule is O=Nc1sc2nc3ccccc3n2c1O. The number of para-hydroxylation sites is 2. The molecule has 74 valence electrons. The topological polar surface area (TPSA) is 67.0 Å². The second kappa shape index (κ2) is 2.77. The van der Waals surface area contributed by atoms with Crippen LogP contribution in [-0.4, -0.2) is 14.5 Å². The summed E-state index contributed by atoms with van der Waals surface area (Å²) in [4.78, 5) is 15.2. The Bertz CT molecular complexity index is 670. The Kier molecular flexibility index (Phi) is 1.54. The van der Waals surface area contributed by atoms with Gasteiger partial charge in [0.1, 0.15) is 0 Å². The highest BCUT2D eigenvalue weighted by molar-refractivity contribution is 7.21. The maximum atomic E-state index is 10.4. The van der Waals surface area contributed by atoms with Gasteiger partial charge in [-0.05, 0) is 17.3 Å². The fraction of sp³-hybridized carbons (Fsp3) is 0. The largest absolute Gasteiger partial charge is 0.492 e. The Hall–Kier alpha value is -1.95. The Morgan fingerprint density at radius 1 is 1.40 bits per heavy atom. The minimum absolute atomic E-state index is 0.0586. The van der Waals surface area contributed by atoms with Gasteiger partial charge in [0.15, 0.2) is 4.96 Å². The van der Waals surface area contributed by atoms with Crippen molar-refractivity contribution < 1.29 is 5.11 Å². The van der Waals surface area contributed by atoms with E-state index in [9.17, 15) is 10.0 Å². The molecule has 0 fully saturated rings. The van der Waals surface area contributed by atoms with Gasteiger partial charge in [0, 0.05) is 0 Å². The number of aromatic nitrogens is 2. The first-order valence-electron chi connectivity index (χ1n) is 4.23. The van der Waals surface area contributed by atoms with Gasteiger partial charge in [-0.15, -0.1) is 4.91 Å². The lowest BCUT2D eigenvalue weighted by atomic mass is 10.3. The number of aromatic hydroxyl groups is 1. The van der Waals surface area contributed by atoms with Gasteiger partial charge in [-0.3, -0.25) is 4.40 Å². The number of rotatable bonds is 1. The van der Waals surface area contributed by atoms with Gasteiger partial charge in [0.2, 0.25) is 10.9 Å². The van der Waals surface area contributed by atoms with E-state index in [-0.39, 0.29) is 10.9 Å². The number of benzene rings is 1. The summed E-state index contributed by atoms with van der Waals surface area (Å²) in [5, 5.41) is 12.5. The summed E-state index contributed by atoms with van der Waals surface area (Å²) in [7, 11) is 0. The molecule has 0 unspecified atom stereocenters. The molecule has 15 heavy (non-hydrogen) atoms. The molecule has 2 heterocycles. The maximum absolute atomic E-state index is 10.4. The third kappa shape index (κ3) is 0.991. The number of thiazole rings is 1. The molecule has 1 N–H and O–H groups in total. The average molecular weight is 219 g/mol. The van der Waals surface area contributed by atoms with E-state index in [1.165, 1.54) is 4.40 Å². The molecule has 0 radical (unpaired) electrons. The van der Waals surface area contributed by atoms with Crippen molar-refractivity contribution in [3.8, 4) is 5.88 Å². The highest BCUT2D eigenvalue weighted by atomic mass is 32.1. The monoisotopic (exact) mass is 219 g/mol. The van der Waals surface area contributed by atoms with Gasteiger partial charge in [-0.25, -0.2) is 4.98 Å². The molecule has 0 aliphatic heterocycles. The van der Waals surface area contributed by atoms with Gasteiger partial charge in [-0.1, -0.05) is 23.5 Å². The molecule has 0 saturated carbocycles. The Balaban J connectivity index is 2.56. The maximum Gasteiger partial charge on any atom is 0.239 e. The quantitative estimate of drug-likeness (QED) is 0.640. The minimum atomic E-state index is -0.140. The Morgan fingerprint density at radius 3 is 3.00 bits per heavy atom. The normalized spacial score (nSPS) is 11.2. The van der Waals surface area contributed by atoms with E-state index in [0.29, 0.717) is 4.96 Å². The lowest BCUT2D eigenvalue weighted by Crippen LogP contribution is -1.77. The molecular formula is C9H5N3O2S. The molecule has 0 bridgehead atoms. The van der Waals surface area contributed by atoms with E-state index < -0.39 is 0 Å². The smallest absolute Gasteiger partial charge is 0.239 e. The highest BCUT2D eigenvalue weighted by Gasteiger charge is 2.15. The highest BCUT2D eigenvalue weighted by Crippen LogP contribution is 2.38. The molecule has 0 amide bonds. The number of nitroso groups, excluding NO2 is 1. The van der Waals surface area contributed by atoms with Crippen molar-refractivity contribution in [2.24, 2.45) is 5.18 Å². The number of hydrogen-bond acceptors (Lipinski definition) is 5. The lowest BCUT2D eigenvalue weighted by molar-refractivity contribution is 0.453. The molecule has 3 aromatic rings. The first-order chi connectivity index (χ1) is 7.31. The van der Waals surface area contributed by atoms with Crippen molar-refractivity contribution in [2.45, 2.75) is 0 Å². The molecule has 0 spiro atoms. The predicted octanol–water partition coefficient (Wildman–Crippen LogP) is 2.65. The molecular weight excluding hydrogens is 214 g/mol. The van der Waals surface area contributed by atoms with E-state index >= 15 is 0 Å². The summed E-state index contributed by atoms with van der Waals surface area (Å²) in [6, 6.07) is 7.40. The van der Waals surface area contributed by atoms with Crippen molar-refractivity contribution in [1.29, 1.82) is 0 Å². The van der Waals surface area contributed by atoms with E-state index in [1.807, 2.05) is 24.3 Å². The fourth-order valence-corrected chi connectivity index (χ4v) is 2.38. The van der Waals surface area contributed by atoms with Crippen LogP contribution in [0.2, 0.25) is 0 Å². The van der Waals surface area contributed by atoms with Crippen molar-refractivity contribution in [3.05, 3.63) is 29.2 Å². The number of nitrogens with zero attached hydrogens (tertiary/aromatic N) is 3. The van der Waals surface area contributed by atoms with Crippen LogP contribution in [0.4, 0.5) is 5.00 Å². The van der Waals surface area contributed by atoms with Gasteiger partial charge >= 0.3 is 0 Å². The number of imidazole rings is 1. The lowest BCUT2D eigenvalue weighted by Gasteiger charge is -1.91. The van der Waals surface area contributed by atoms with E-state index in [0.717, 1.165) is 22.4 Å². The zero-order valence-corrected chi connectivity index (χ0v) is 8.23. The molecule has 5 nitrogen and oxygen atoms in total. The molecule has 0 aliphatic carbocycles. The van der Waals surface area contributed by atoms with Crippen LogP contribution in [0.15, 0.2) is 29.4 Å². The predicted molar refractivity (Wildman–Crippen MR) is 57.7 cm³/mol. The molecule has 1 aromatic carbocycles. The van der Waals surface area contributed by atoms with Crippen LogP contribution in [0.25, 0.3) is 16.0 Å². The first-order valence-corrected chi connectivity index (χ1v) is 5.05. The summed E-state index contributed by atoms with van der Waals surface area (Å²) < 4.78 is 1.52. The van der Waals surface area contributed by atoms with Crippen LogP contribution >= 0.6 is 11.3 Å². The summed E-state index contributed by atoms with van der Waals surface area (Å²) in [5.41, 5.74) is 1.56. The van der Waals surface area contributed by atoms with Crippen molar-refractivity contribution in [3.63, 3.8) is 0 Å². The Morgan fingerprint density at radius 2 is 2.20 bits per heavy atom. The fourth-order valence-electron chi connectivity index (χ4n) is 1.56. The molecule has 3 rings (SSSR count). The van der Waals surface area contributed by atoms with Crippen LogP contribution in [0.5, 0.6) is 5.88 Å². The molecule has 0 atom stereocenters. The summed E-state index contributed by atoms with van der Waals surface area (Å²) in [5.74, 6) is -0.140. The van der Waals surface area contributed by atoms with Crippen LogP contribution in [0.1, 0.15) is 0 Å². The number of fused-ring (bicyclic) bond motifs is 3. The van der Waals surface area contributed by atoms with Crippen molar-refractivity contribution >= 4 is 32.3 Å². The summed E-state index contributed by atoms with van der Waals surface area (Å²) in [6.07, 6.45) is 0. The van der Waals surface area contributed by atoms with Gasteiger partial charge in [0.05, 0.1) is 11.0 Å². The summed E-state index contributed by atoms with van der Waals surface area (Å²) >= 11 is 1.07. The van der Waals surface area contributed by atoms with Gasteiger partial charge in [-0.2, -0.15) is 0 Å². The zero-order valence-electron chi connectivity index (χ0n) is 7.41. The summed E-state index contributed by atoms with van der Waals surface area (Å²) in [6.45, 7) is 0. The third-order valence-corrected chi connectivity index (χ3v) is 3.11. The molecule has 0 saturated heterocycles. The van der Waals surface area contributed by atoms with Gasteiger partial charge in [0.25, 0.3) is 0 Å². The number of hydrogen-bond donors (Lipinski definition) is 1. The second-order valence-electron chi connectivity index (χ2n) is 3.04. The first kappa shape index (κ1) is 8.37. The second-order valence-corrected chi connectivity index (χ2v) is 4.00.